The minimum absolute atomic E-state index is 0.0302. The maximum atomic E-state index is 12.9. The minimum atomic E-state index is -3.62. The fourth-order valence-electron chi connectivity index (χ4n) is 2.17. The van der Waals surface area contributed by atoms with Crippen molar-refractivity contribution in [2.75, 3.05) is 6.26 Å². The highest BCUT2D eigenvalue weighted by Crippen LogP contribution is 2.21. The standard InChI is InChI=1S/C17H20FN3O4S/c1-11(2)10-14(16-20-21-17(25-16)26(3,23)24)19-15(22)9-6-12-4-7-13(18)8-5-12/h4-9,11,14H,10H2,1-3H3,(H,19,22)/b9-6+/t14-/m0/s1. The van der Waals surface area contributed by atoms with Gasteiger partial charge >= 0.3 is 5.22 Å². The first-order valence-corrected chi connectivity index (χ1v) is 9.82. The summed E-state index contributed by atoms with van der Waals surface area (Å²) in [4.78, 5) is 12.2. The van der Waals surface area contributed by atoms with Gasteiger partial charge in [-0.2, -0.15) is 0 Å². The van der Waals surface area contributed by atoms with Crippen molar-refractivity contribution in [1.82, 2.24) is 15.5 Å². The highest BCUT2D eigenvalue weighted by molar-refractivity contribution is 7.90. The van der Waals surface area contributed by atoms with E-state index in [1.54, 1.807) is 12.1 Å². The quantitative estimate of drug-likeness (QED) is 0.740. The number of rotatable bonds is 7. The number of nitrogens with one attached hydrogen (secondary N) is 1. The Balaban J connectivity index is 2.13. The van der Waals surface area contributed by atoms with Crippen LogP contribution in [-0.2, 0) is 14.6 Å². The number of sulfone groups is 1. The SMILES string of the molecule is CC(C)C[C@H](NC(=O)/C=C/c1ccc(F)cc1)c1nnc(S(C)(=O)=O)o1. The Morgan fingerprint density at radius 2 is 1.92 bits per heavy atom. The average molecular weight is 381 g/mol. The van der Waals surface area contributed by atoms with Gasteiger partial charge in [0.15, 0.2) is 0 Å². The van der Waals surface area contributed by atoms with Gasteiger partial charge in [-0.25, -0.2) is 12.8 Å². The summed E-state index contributed by atoms with van der Waals surface area (Å²) in [5.74, 6) is -0.557. The number of nitrogens with zero attached hydrogens (tertiary/aromatic N) is 2. The van der Waals surface area contributed by atoms with E-state index in [9.17, 15) is 17.6 Å². The molecule has 140 valence electrons. The largest absolute Gasteiger partial charge is 0.410 e. The lowest BCUT2D eigenvalue weighted by atomic mass is 10.0. The third-order valence-electron chi connectivity index (χ3n) is 3.36. The Hall–Kier alpha value is -2.55. The van der Waals surface area contributed by atoms with Crippen molar-refractivity contribution in [3.63, 3.8) is 0 Å². The fraction of sp³-hybridized carbons (Fsp3) is 0.353. The van der Waals surface area contributed by atoms with Gasteiger partial charge in [-0.15, -0.1) is 5.10 Å². The van der Waals surface area contributed by atoms with E-state index in [1.807, 2.05) is 13.8 Å². The predicted molar refractivity (Wildman–Crippen MR) is 93.2 cm³/mol. The second-order valence-corrected chi connectivity index (χ2v) is 8.15. The highest BCUT2D eigenvalue weighted by atomic mass is 32.2. The monoisotopic (exact) mass is 381 g/mol. The van der Waals surface area contributed by atoms with Crippen LogP contribution in [0.2, 0.25) is 0 Å². The average Bonchev–Trinajstić information content (AvgIpc) is 3.03. The van der Waals surface area contributed by atoms with E-state index in [0.717, 1.165) is 6.26 Å². The maximum absolute atomic E-state index is 12.9. The Labute approximate surface area is 151 Å². The Kier molecular flexibility index (Phi) is 6.25. The number of benzene rings is 1. The molecule has 0 aliphatic carbocycles. The van der Waals surface area contributed by atoms with Crippen molar-refractivity contribution in [3.8, 4) is 0 Å². The van der Waals surface area contributed by atoms with E-state index in [4.69, 9.17) is 4.42 Å². The number of hydrogen-bond donors (Lipinski definition) is 1. The Morgan fingerprint density at radius 1 is 1.27 bits per heavy atom. The molecule has 0 aliphatic heterocycles. The van der Waals surface area contributed by atoms with Crippen molar-refractivity contribution in [3.05, 3.63) is 47.6 Å². The number of aromatic nitrogens is 2. The Morgan fingerprint density at radius 3 is 2.46 bits per heavy atom. The molecular weight excluding hydrogens is 361 g/mol. The highest BCUT2D eigenvalue weighted by Gasteiger charge is 2.24. The zero-order valence-electron chi connectivity index (χ0n) is 14.6. The molecule has 2 aromatic rings. The van der Waals surface area contributed by atoms with Crippen LogP contribution in [0.15, 0.2) is 40.0 Å². The van der Waals surface area contributed by atoms with Crippen LogP contribution in [0.1, 0.15) is 37.8 Å². The van der Waals surface area contributed by atoms with Crippen molar-refractivity contribution in [2.24, 2.45) is 5.92 Å². The molecule has 1 amide bonds. The molecule has 0 bridgehead atoms. The zero-order valence-corrected chi connectivity index (χ0v) is 15.5. The van der Waals surface area contributed by atoms with Crippen LogP contribution < -0.4 is 5.32 Å². The molecule has 0 spiro atoms. The lowest BCUT2D eigenvalue weighted by Crippen LogP contribution is -2.28. The summed E-state index contributed by atoms with van der Waals surface area (Å²) in [7, 11) is -3.62. The van der Waals surface area contributed by atoms with Crippen molar-refractivity contribution >= 4 is 21.8 Å². The van der Waals surface area contributed by atoms with Crippen LogP contribution in [-0.4, -0.2) is 30.8 Å². The van der Waals surface area contributed by atoms with Crippen molar-refractivity contribution < 1.29 is 22.0 Å². The lowest BCUT2D eigenvalue weighted by molar-refractivity contribution is -0.117. The second kappa shape index (κ2) is 8.22. The molecule has 1 atom stereocenters. The molecule has 1 N–H and O–H groups in total. The third kappa shape index (κ3) is 5.76. The molecule has 1 heterocycles. The molecule has 0 fully saturated rings. The Bertz CT molecular complexity index is 889. The second-order valence-electron chi connectivity index (χ2n) is 6.25. The molecule has 7 nitrogen and oxygen atoms in total. The van der Waals surface area contributed by atoms with Crippen LogP contribution in [0.3, 0.4) is 0 Å². The molecule has 9 heteroatoms. The summed E-state index contributed by atoms with van der Waals surface area (Å²) in [5.41, 5.74) is 0.666. The molecule has 0 saturated carbocycles. The summed E-state index contributed by atoms with van der Waals surface area (Å²) >= 11 is 0. The van der Waals surface area contributed by atoms with Gasteiger partial charge in [-0.05, 0) is 36.1 Å². The van der Waals surface area contributed by atoms with Crippen LogP contribution in [0.4, 0.5) is 4.39 Å². The number of carbonyl (C=O) groups is 1. The third-order valence-corrected chi connectivity index (χ3v) is 4.16. The molecule has 26 heavy (non-hydrogen) atoms. The smallest absolute Gasteiger partial charge is 0.335 e. The van der Waals surface area contributed by atoms with Gasteiger partial charge in [0.25, 0.3) is 0 Å². The summed E-state index contributed by atoms with van der Waals surface area (Å²) in [6.45, 7) is 3.89. The minimum Gasteiger partial charge on any atom is -0.410 e. The van der Waals surface area contributed by atoms with Gasteiger partial charge < -0.3 is 9.73 Å². The van der Waals surface area contributed by atoms with E-state index in [2.05, 4.69) is 15.5 Å². The molecule has 1 aromatic heterocycles. The normalized spacial score (nSPS) is 13.3. The molecule has 2 rings (SSSR count). The topological polar surface area (TPSA) is 102 Å². The summed E-state index contributed by atoms with van der Waals surface area (Å²) in [5, 5.41) is 9.49. The van der Waals surface area contributed by atoms with E-state index < -0.39 is 27.0 Å². The number of hydrogen-bond acceptors (Lipinski definition) is 6. The molecule has 0 unspecified atom stereocenters. The van der Waals surface area contributed by atoms with E-state index >= 15 is 0 Å². The van der Waals surface area contributed by atoms with Crippen LogP contribution >= 0.6 is 0 Å². The first kappa shape index (κ1) is 19.8. The first-order valence-electron chi connectivity index (χ1n) is 7.92. The van der Waals surface area contributed by atoms with Gasteiger partial charge in [0.1, 0.15) is 11.9 Å². The zero-order chi connectivity index (χ0) is 19.3. The van der Waals surface area contributed by atoms with Gasteiger partial charge in [-0.1, -0.05) is 31.1 Å². The summed E-state index contributed by atoms with van der Waals surface area (Å²) in [6.07, 6.45) is 4.29. The van der Waals surface area contributed by atoms with Crippen LogP contribution in [0.5, 0.6) is 0 Å². The molecule has 1 aromatic carbocycles. The van der Waals surface area contributed by atoms with Crippen molar-refractivity contribution in [1.29, 1.82) is 0 Å². The summed E-state index contributed by atoms with van der Waals surface area (Å²) in [6, 6.07) is 5.06. The first-order chi connectivity index (χ1) is 12.1. The van der Waals surface area contributed by atoms with Gasteiger partial charge in [0.2, 0.25) is 21.6 Å². The van der Waals surface area contributed by atoms with E-state index in [1.165, 1.54) is 24.3 Å². The predicted octanol–water partition coefficient (Wildman–Crippen LogP) is 2.53. The van der Waals surface area contributed by atoms with Crippen molar-refractivity contribution in [2.45, 2.75) is 31.5 Å². The van der Waals surface area contributed by atoms with Gasteiger partial charge in [0, 0.05) is 12.3 Å². The van der Waals surface area contributed by atoms with E-state index in [-0.39, 0.29) is 17.6 Å². The maximum Gasteiger partial charge on any atom is 0.335 e. The van der Waals surface area contributed by atoms with Crippen LogP contribution in [0.25, 0.3) is 6.08 Å². The van der Waals surface area contributed by atoms with E-state index in [0.29, 0.717) is 12.0 Å². The van der Waals surface area contributed by atoms with Crippen LogP contribution in [0, 0.1) is 11.7 Å². The molecule has 0 saturated heterocycles. The summed E-state index contributed by atoms with van der Waals surface area (Å²) < 4.78 is 41.0. The lowest BCUT2D eigenvalue weighted by Gasteiger charge is -2.16. The number of carbonyl (C=O) groups excluding carboxylic acids is 1. The molecule has 0 aliphatic rings. The molecular formula is C17H20FN3O4S. The molecule has 0 radical (unpaired) electrons. The van der Waals surface area contributed by atoms with Gasteiger partial charge in [-0.3, -0.25) is 4.79 Å². The fourth-order valence-corrected chi connectivity index (χ4v) is 2.60. The number of halogens is 1. The number of amides is 1. The van der Waals surface area contributed by atoms with Gasteiger partial charge in [0.05, 0.1) is 0 Å².